The fraction of sp³-hybridized carbons (Fsp3) is 0.828. The maximum atomic E-state index is 6.14. The van der Waals surface area contributed by atoms with Gasteiger partial charge in [-0.3, -0.25) is 9.80 Å². The lowest BCUT2D eigenvalue weighted by Crippen LogP contribution is -2.46. The number of rotatable bonds is 18. The molecule has 0 saturated heterocycles. The van der Waals surface area contributed by atoms with E-state index in [2.05, 4.69) is 91.7 Å². The molecule has 0 radical (unpaired) electrons. The smallest absolute Gasteiger partial charge is 0.152 e. The van der Waals surface area contributed by atoms with Crippen LogP contribution < -0.4 is 26.2 Å². The molecule has 214 valence electrons. The average Bonchev–Trinajstić information content (AvgIpc) is 2.82. The Morgan fingerprint density at radius 2 is 1.22 bits per heavy atom. The van der Waals surface area contributed by atoms with Crippen LogP contribution in [0.4, 0.5) is 17.2 Å². The molecule has 1 aliphatic rings. The van der Waals surface area contributed by atoms with E-state index in [1.165, 1.54) is 18.5 Å². The van der Waals surface area contributed by atoms with Gasteiger partial charge < -0.3 is 26.2 Å². The van der Waals surface area contributed by atoms with Crippen molar-refractivity contribution in [3.8, 4) is 0 Å². The predicted octanol–water partition coefficient (Wildman–Crippen LogP) is 3.49. The van der Waals surface area contributed by atoms with Crippen molar-refractivity contribution >= 4 is 17.2 Å². The number of nitrogens with two attached hydrogens (primary N) is 1. The Labute approximate surface area is 228 Å². The topological polar surface area (TPSA) is 75.9 Å². The van der Waals surface area contributed by atoms with Crippen LogP contribution in [-0.2, 0) is 0 Å². The first-order valence-corrected chi connectivity index (χ1v) is 14.8. The fourth-order valence-corrected chi connectivity index (χ4v) is 5.53. The Morgan fingerprint density at radius 1 is 0.757 bits per heavy atom. The maximum absolute atomic E-state index is 6.14. The molecule has 2 rings (SSSR count). The molecule has 0 aromatic carbocycles. The zero-order chi connectivity index (χ0) is 27.4. The number of aromatic nitrogens is 1. The number of nitrogens with one attached hydrogen (secondary N) is 2. The average molecular weight is 519 g/mol. The van der Waals surface area contributed by atoms with Crippen LogP contribution in [0.2, 0.25) is 0 Å². The van der Waals surface area contributed by atoms with Crippen LogP contribution in [0.1, 0.15) is 68.2 Å². The summed E-state index contributed by atoms with van der Waals surface area (Å²) in [4.78, 5) is 14.7. The summed E-state index contributed by atoms with van der Waals surface area (Å²) in [5.41, 5.74) is 8.04. The molecule has 2 heterocycles. The lowest BCUT2D eigenvalue weighted by molar-refractivity contribution is 0.172. The second-order valence-electron chi connectivity index (χ2n) is 11.6. The quantitative estimate of drug-likeness (QED) is 0.255. The first-order chi connectivity index (χ1) is 17.6. The Balaban J connectivity index is 1.75. The van der Waals surface area contributed by atoms with E-state index in [9.17, 15) is 0 Å². The molecule has 0 aliphatic carbocycles. The second kappa shape index (κ2) is 16.4. The largest absolute Gasteiger partial charge is 0.397 e. The van der Waals surface area contributed by atoms with Gasteiger partial charge in [-0.2, -0.15) is 0 Å². The van der Waals surface area contributed by atoms with Crippen LogP contribution >= 0.6 is 0 Å². The minimum absolute atomic E-state index is 0.598. The summed E-state index contributed by atoms with van der Waals surface area (Å²) >= 11 is 0. The number of nitrogen functional groups attached to an aromatic ring is 1. The predicted molar refractivity (Wildman–Crippen MR) is 162 cm³/mol. The highest BCUT2D eigenvalue weighted by atomic mass is 15.3. The molecular formula is C29H58N8. The molecule has 0 unspecified atom stereocenters. The summed E-state index contributed by atoms with van der Waals surface area (Å²) in [5.74, 6) is 1.07. The summed E-state index contributed by atoms with van der Waals surface area (Å²) in [5, 5.41) is 7.30. The van der Waals surface area contributed by atoms with E-state index in [1.54, 1.807) is 6.20 Å². The third-order valence-electron chi connectivity index (χ3n) is 7.46. The van der Waals surface area contributed by atoms with E-state index in [0.717, 1.165) is 77.0 Å². The van der Waals surface area contributed by atoms with Crippen LogP contribution in [0.15, 0.2) is 12.3 Å². The van der Waals surface area contributed by atoms with Gasteiger partial charge in [0.2, 0.25) is 0 Å². The van der Waals surface area contributed by atoms with Crippen molar-refractivity contribution in [2.45, 2.75) is 92.4 Å². The molecule has 1 aromatic rings. The molecular weight excluding hydrogens is 460 g/mol. The number of pyridine rings is 1. The lowest BCUT2D eigenvalue weighted by atomic mass is 10.2. The Morgan fingerprint density at radius 3 is 1.70 bits per heavy atom. The Kier molecular flexibility index (Phi) is 14.0. The van der Waals surface area contributed by atoms with Crippen molar-refractivity contribution in [1.29, 1.82) is 0 Å². The minimum Gasteiger partial charge on any atom is -0.397 e. The van der Waals surface area contributed by atoms with Gasteiger partial charge in [0.25, 0.3) is 0 Å². The monoisotopic (exact) mass is 518 g/mol. The zero-order valence-electron chi connectivity index (χ0n) is 25.3. The molecule has 0 fully saturated rings. The zero-order valence-corrected chi connectivity index (χ0v) is 25.3. The fourth-order valence-electron chi connectivity index (χ4n) is 5.53. The summed E-state index contributed by atoms with van der Waals surface area (Å²) < 4.78 is 0. The normalized spacial score (nSPS) is 14.3. The van der Waals surface area contributed by atoms with Crippen molar-refractivity contribution < 1.29 is 0 Å². The molecule has 0 amide bonds. The number of anilines is 3. The number of nitrogens with zero attached hydrogens (tertiary/aromatic N) is 5. The van der Waals surface area contributed by atoms with Gasteiger partial charge in [-0.05, 0) is 100 Å². The molecule has 0 saturated carbocycles. The van der Waals surface area contributed by atoms with Gasteiger partial charge in [0.1, 0.15) is 0 Å². The molecule has 1 aromatic heterocycles. The van der Waals surface area contributed by atoms with E-state index in [-0.39, 0.29) is 0 Å². The third kappa shape index (κ3) is 10.6. The molecule has 4 N–H and O–H groups in total. The number of hydrogen-bond acceptors (Lipinski definition) is 8. The van der Waals surface area contributed by atoms with Crippen molar-refractivity contribution in [3.05, 3.63) is 12.3 Å². The van der Waals surface area contributed by atoms with E-state index in [0.29, 0.717) is 24.2 Å². The van der Waals surface area contributed by atoms with Gasteiger partial charge in [0.05, 0.1) is 17.6 Å². The van der Waals surface area contributed by atoms with Crippen molar-refractivity contribution in [3.63, 3.8) is 0 Å². The Bertz CT molecular complexity index is 735. The van der Waals surface area contributed by atoms with Gasteiger partial charge in [0.15, 0.2) is 5.82 Å². The standard InChI is InChI=1S/C29H58N8/c1-23(2)36(24(3)4)15-9-11-31-13-17-34-19-20-35(29-28(34)21-27(30)22-33-29)18-14-32-12-10-16-37(25(5)6)26(7)8/h21-26,31-32H,9-20,30H2,1-8H3. The first kappa shape index (κ1) is 31.6. The molecule has 8 heteroatoms. The molecule has 1 aliphatic heterocycles. The van der Waals surface area contributed by atoms with Crippen LogP contribution in [0.3, 0.4) is 0 Å². The van der Waals surface area contributed by atoms with Gasteiger partial charge in [-0.1, -0.05) is 0 Å². The van der Waals surface area contributed by atoms with Gasteiger partial charge >= 0.3 is 0 Å². The van der Waals surface area contributed by atoms with E-state index < -0.39 is 0 Å². The van der Waals surface area contributed by atoms with Gasteiger partial charge in [-0.15, -0.1) is 0 Å². The first-order valence-electron chi connectivity index (χ1n) is 14.8. The highest BCUT2D eigenvalue weighted by molar-refractivity contribution is 5.72. The molecule has 0 bridgehead atoms. The number of fused-ring (bicyclic) bond motifs is 1. The SMILES string of the molecule is CC(C)N(CCCNCCN1CCN(CCNCCCN(C(C)C)C(C)C)c2ncc(N)cc21)C(C)C. The summed E-state index contributed by atoms with van der Waals surface area (Å²) in [7, 11) is 0. The number of hydrogen-bond donors (Lipinski definition) is 3. The third-order valence-corrected chi connectivity index (χ3v) is 7.46. The highest BCUT2D eigenvalue weighted by Crippen LogP contribution is 2.32. The lowest BCUT2D eigenvalue weighted by Gasteiger charge is -2.38. The summed E-state index contributed by atoms with van der Waals surface area (Å²) in [6, 6.07) is 4.49. The van der Waals surface area contributed by atoms with Crippen LogP contribution in [0.5, 0.6) is 0 Å². The molecule has 0 atom stereocenters. The molecule has 0 spiro atoms. The summed E-state index contributed by atoms with van der Waals surface area (Å²) in [6.45, 7) is 28.6. The Hall–Kier alpha value is -1.61. The molecule has 37 heavy (non-hydrogen) atoms. The second-order valence-corrected chi connectivity index (χ2v) is 11.6. The maximum Gasteiger partial charge on any atom is 0.152 e. The molecule has 8 nitrogen and oxygen atoms in total. The van der Waals surface area contributed by atoms with Crippen molar-refractivity contribution in [2.75, 3.05) is 81.0 Å². The van der Waals surface area contributed by atoms with Crippen LogP contribution in [0, 0.1) is 0 Å². The van der Waals surface area contributed by atoms with Gasteiger partial charge in [-0.25, -0.2) is 4.98 Å². The van der Waals surface area contributed by atoms with E-state index >= 15 is 0 Å². The minimum atomic E-state index is 0.598. The summed E-state index contributed by atoms with van der Waals surface area (Å²) in [6.07, 6.45) is 4.15. The van der Waals surface area contributed by atoms with Crippen LogP contribution in [0.25, 0.3) is 0 Å². The van der Waals surface area contributed by atoms with E-state index in [1.807, 2.05) is 0 Å². The van der Waals surface area contributed by atoms with Crippen LogP contribution in [-0.4, -0.2) is 104 Å². The van der Waals surface area contributed by atoms with Gasteiger partial charge in [0, 0.05) is 63.4 Å². The van der Waals surface area contributed by atoms with Crippen molar-refractivity contribution in [1.82, 2.24) is 25.4 Å². The van der Waals surface area contributed by atoms with Crippen molar-refractivity contribution in [2.24, 2.45) is 0 Å². The van der Waals surface area contributed by atoms with E-state index in [4.69, 9.17) is 10.7 Å². The highest BCUT2D eigenvalue weighted by Gasteiger charge is 2.23.